The summed E-state index contributed by atoms with van der Waals surface area (Å²) in [5.74, 6) is -0.0508. The Morgan fingerprint density at radius 1 is 1.13 bits per heavy atom. The number of hydrogen-bond acceptors (Lipinski definition) is 5. The van der Waals surface area contributed by atoms with E-state index in [1.165, 1.54) is 0 Å². The normalized spacial score (nSPS) is 10.0. The summed E-state index contributed by atoms with van der Waals surface area (Å²) in [6.07, 6.45) is 5.11. The van der Waals surface area contributed by atoms with E-state index in [9.17, 15) is 15.3 Å². The summed E-state index contributed by atoms with van der Waals surface area (Å²) >= 11 is 0. The maximum absolute atomic E-state index is 11.9. The fourth-order valence-electron chi connectivity index (χ4n) is 2.34. The van der Waals surface area contributed by atoms with E-state index in [-0.39, 0.29) is 22.5 Å². The molecule has 2 aromatic heterocycles. The zero-order valence-corrected chi connectivity index (χ0v) is 11.8. The van der Waals surface area contributed by atoms with Crippen molar-refractivity contribution in [1.82, 2.24) is 14.5 Å². The summed E-state index contributed by atoms with van der Waals surface area (Å²) in [6.45, 7) is 0. The quantitative estimate of drug-likeness (QED) is 0.743. The van der Waals surface area contributed by atoms with Crippen molar-refractivity contribution < 1.29 is 0 Å². The highest BCUT2D eigenvalue weighted by molar-refractivity contribution is 5.80. The van der Waals surface area contributed by atoms with Crippen molar-refractivity contribution in [3.05, 3.63) is 64.5 Å². The SMILES string of the molecule is N#Cc1c(N)[nH]c(=O)c(C#N)c1-c1ccc(-n2ccnc2)cc1. The van der Waals surface area contributed by atoms with Gasteiger partial charge in [-0.1, -0.05) is 12.1 Å². The number of imidazole rings is 1. The number of aromatic amines is 1. The first-order valence-corrected chi connectivity index (χ1v) is 6.60. The average Bonchev–Trinajstić information content (AvgIpc) is 3.09. The van der Waals surface area contributed by atoms with Crippen LogP contribution in [0.1, 0.15) is 11.1 Å². The Labute approximate surface area is 130 Å². The van der Waals surface area contributed by atoms with Gasteiger partial charge < -0.3 is 15.3 Å². The van der Waals surface area contributed by atoms with Crippen molar-refractivity contribution in [3.63, 3.8) is 0 Å². The Bertz CT molecular complexity index is 1000. The summed E-state index contributed by atoms with van der Waals surface area (Å²) in [4.78, 5) is 18.2. The third-order valence-electron chi connectivity index (χ3n) is 3.43. The molecule has 23 heavy (non-hydrogen) atoms. The van der Waals surface area contributed by atoms with Crippen LogP contribution >= 0.6 is 0 Å². The number of nitrogen functional groups attached to an aromatic ring is 1. The monoisotopic (exact) mass is 302 g/mol. The number of nitrogens with two attached hydrogens (primary N) is 1. The molecule has 0 atom stereocenters. The van der Waals surface area contributed by atoms with Crippen LogP contribution in [0.25, 0.3) is 16.8 Å². The second kappa shape index (κ2) is 5.51. The molecule has 1 aromatic carbocycles. The van der Waals surface area contributed by atoms with E-state index in [0.29, 0.717) is 5.56 Å². The lowest BCUT2D eigenvalue weighted by atomic mass is 9.96. The number of hydrogen-bond donors (Lipinski definition) is 2. The zero-order valence-electron chi connectivity index (χ0n) is 11.8. The minimum Gasteiger partial charge on any atom is -0.384 e. The van der Waals surface area contributed by atoms with E-state index in [0.717, 1.165) is 5.69 Å². The summed E-state index contributed by atoms with van der Waals surface area (Å²) in [5, 5.41) is 18.5. The molecule has 0 bridgehead atoms. The van der Waals surface area contributed by atoms with Gasteiger partial charge in [0, 0.05) is 23.6 Å². The maximum Gasteiger partial charge on any atom is 0.268 e. The van der Waals surface area contributed by atoms with E-state index < -0.39 is 5.56 Å². The van der Waals surface area contributed by atoms with Crippen molar-refractivity contribution in [1.29, 1.82) is 10.5 Å². The molecular weight excluding hydrogens is 292 g/mol. The molecule has 3 aromatic rings. The van der Waals surface area contributed by atoms with Crippen LogP contribution in [0.3, 0.4) is 0 Å². The molecule has 0 radical (unpaired) electrons. The number of anilines is 1. The van der Waals surface area contributed by atoms with Crippen LogP contribution in [-0.2, 0) is 0 Å². The molecule has 7 heteroatoms. The van der Waals surface area contributed by atoms with Crippen molar-refractivity contribution >= 4 is 5.82 Å². The first-order chi connectivity index (χ1) is 11.2. The molecule has 2 heterocycles. The first kappa shape index (κ1) is 14.1. The van der Waals surface area contributed by atoms with Gasteiger partial charge in [-0.3, -0.25) is 4.79 Å². The van der Waals surface area contributed by atoms with Gasteiger partial charge in [-0.15, -0.1) is 0 Å². The molecule has 0 aliphatic heterocycles. The highest BCUT2D eigenvalue weighted by atomic mass is 16.1. The van der Waals surface area contributed by atoms with Crippen LogP contribution in [0.5, 0.6) is 0 Å². The van der Waals surface area contributed by atoms with Crippen LogP contribution in [0.4, 0.5) is 5.82 Å². The molecule has 7 nitrogen and oxygen atoms in total. The summed E-state index contributed by atoms with van der Waals surface area (Å²) < 4.78 is 1.81. The van der Waals surface area contributed by atoms with Crippen molar-refractivity contribution in [3.8, 4) is 29.0 Å². The van der Waals surface area contributed by atoms with Gasteiger partial charge in [0.1, 0.15) is 29.1 Å². The molecule has 0 unspecified atom stereocenters. The predicted octanol–water partition coefficient (Wildman–Crippen LogP) is 1.55. The second-order valence-electron chi connectivity index (χ2n) is 4.73. The van der Waals surface area contributed by atoms with Crippen molar-refractivity contribution in [2.75, 3.05) is 5.73 Å². The number of nitriles is 2. The van der Waals surface area contributed by atoms with Gasteiger partial charge in [0.05, 0.1) is 6.33 Å². The number of nitrogens with one attached hydrogen (secondary N) is 1. The number of pyridine rings is 1. The number of nitrogens with zero attached hydrogens (tertiary/aromatic N) is 4. The minimum absolute atomic E-state index is 0.0508. The molecule has 3 rings (SSSR count). The average molecular weight is 302 g/mol. The molecule has 0 aliphatic carbocycles. The number of rotatable bonds is 2. The lowest BCUT2D eigenvalue weighted by Crippen LogP contribution is -2.16. The maximum atomic E-state index is 11.9. The molecule has 0 amide bonds. The molecule has 0 saturated carbocycles. The fourth-order valence-corrected chi connectivity index (χ4v) is 2.34. The third kappa shape index (κ3) is 2.33. The zero-order chi connectivity index (χ0) is 16.4. The molecule has 3 N–H and O–H groups in total. The van der Waals surface area contributed by atoms with Crippen LogP contribution in [0.2, 0.25) is 0 Å². The summed E-state index contributed by atoms with van der Waals surface area (Å²) in [5.41, 5.74) is 6.71. The lowest BCUT2D eigenvalue weighted by molar-refractivity contribution is 1.06. The third-order valence-corrected chi connectivity index (χ3v) is 3.43. The van der Waals surface area contributed by atoms with Crippen molar-refractivity contribution in [2.45, 2.75) is 0 Å². The van der Waals surface area contributed by atoms with Crippen LogP contribution in [0.15, 0.2) is 47.8 Å². The Morgan fingerprint density at radius 3 is 2.39 bits per heavy atom. The van der Waals surface area contributed by atoms with E-state index in [4.69, 9.17) is 5.73 Å². The van der Waals surface area contributed by atoms with Gasteiger partial charge in [-0.25, -0.2) is 4.98 Å². The standard InChI is InChI=1S/C16H10N6O/c17-7-12-14(13(8-18)16(23)21-15(12)19)10-1-3-11(4-2-10)22-6-5-20-9-22/h1-6,9H,(H3,19,21,23). The van der Waals surface area contributed by atoms with Crippen LogP contribution < -0.4 is 11.3 Å². The minimum atomic E-state index is -0.613. The highest BCUT2D eigenvalue weighted by Crippen LogP contribution is 2.28. The predicted molar refractivity (Wildman–Crippen MR) is 83.5 cm³/mol. The topological polar surface area (TPSA) is 124 Å². The molecule has 0 aliphatic rings. The molecule has 110 valence electrons. The lowest BCUT2D eigenvalue weighted by Gasteiger charge is -2.09. The number of benzene rings is 1. The van der Waals surface area contributed by atoms with Gasteiger partial charge in [0.2, 0.25) is 0 Å². The summed E-state index contributed by atoms with van der Waals surface area (Å²) in [7, 11) is 0. The van der Waals surface area contributed by atoms with Gasteiger partial charge in [0.15, 0.2) is 0 Å². The Balaban J connectivity index is 2.21. The van der Waals surface area contributed by atoms with Crippen LogP contribution in [0, 0.1) is 22.7 Å². The first-order valence-electron chi connectivity index (χ1n) is 6.60. The van der Waals surface area contributed by atoms with E-state index >= 15 is 0 Å². The fraction of sp³-hybridized carbons (Fsp3) is 0. The second-order valence-corrected chi connectivity index (χ2v) is 4.73. The Kier molecular flexibility index (Phi) is 3.38. The Morgan fingerprint density at radius 2 is 1.83 bits per heavy atom. The molecule has 0 spiro atoms. The summed E-state index contributed by atoms with van der Waals surface area (Å²) in [6, 6.07) is 10.8. The van der Waals surface area contributed by atoms with Gasteiger partial charge >= 0.3 is 0 Å². The van der Waals surface area contributed by atoms with Crippen molar-refractivity contribution in [2.24, 2.45) is 0 Å². The molecule has 0 fully saturated rings. The Hall–Kier alpha value is -3.84. The van der Waals surface area contributed by atoms with Gasteiger partial charge in [0.25, 0.3) is 5.56 Å². The van der Waals surface area contributed by atoms with Gasteiger partial charge in [-0.2, -0.15) is 10.5 Å². The number of H-pyrrole nitrogens is 1. The van der Waals surface area contributed by atoms with E-state index in [1.807, 2.05) is 16.7 Å². The molecule has 0 saturated heterocycles. The van der Waals surface area contributed by atoms with Crippen LogP contribution in [-0.4, -0.2) is 14.5 Å². The molecular formula is C16H10N6O. The van der Waals surface area contributed by atoms with E-state index in [2.05, 4.69) is 9.97 Å². The van der Waals surface area contributed by atoms with E-state index in [1.54, 1.807) is 43.0 Å². The largest absolute Gasteiger partial charge is 0.384 e. The highest BCUT2D eigenvalue weighted by Gasteiger charge is 2.17. The van der Waals surface area contributed by atoms with Gasteiger partial charge in [-0.05, 0) is 17.7 Å². The smallest absolute Gasteiger partial charge is 0.268 e. The number of aromatic nitrogens is 3.